The number of benzene rings is 1. The molecule has 6 rings (SSSR count). The maximum Gasteiger partial charge on any atom is 0.247 e. The standard InChI is InChI=1S/C28H26N6O2/c1-19-8-6-15-33-18-23(29-27(19)33)20-9-2-3-10-21(20)30-28(35)24-11-4-5-16-34(24)26-14-13-22(31-32-26)25-12-7-17-36-25/h2-3,6-10,12-15,17-18,24H,4-5,11,16H2,1H3,(H,30,35). The lowest BCUT2D eigenvalue weighted by atomic mass is 10.0. The first-order valence-electron chi connectivity index (χ1n) is 12.2. The van der Waals surface area contributed by atoms with Gasteiger partial charge in [-0.15, -0.1) is 10.2 Å². The summed E-state index contributed by atoms with van der Waals surface area (Å²) in [4.78, 5) is 20.5. The average molecular weight is 479 g/mol. The van der Waals surface area contributed by atoms with Gasteiger partial charge in [0.1, 0.15) is 17.4 Å². The molecule has 0 saturated carbocycles. The molecule has 1 unspecified atom stereocenters. The number of nitrogens with one attached hydrogen (secondary N) is 1. The first kappa shape index (κ1) is 22.0. The van der Waals surface area contributed by atoms with Crippen molar-refractivity contribution in [3.05, 3.63) is 84.9 Å². The van der Waals surface area contributed by atoms with Gasteiger partial charge in [-0.3, -0.25) is 4.79 Å². The Kier molecular flexibility index (Phi) is 5.69. The molecule has 1 aromatic carbocycles. The number of furan rings is 1. The number of amides is 1. The predicted octanol–water partition coefficient (Wildman–Crippen LogP) is 5.36. The lowest BCUT2D eigenvalue weighted by molar-refractivity contribution is -0.117. The highest BCUT2D eigenvalue weighted by Crippen LogP contribution is 2.30. The molecule has 0 bridgehead atoms. The molecular weight excluding hydrogens is 452 g/mol. The van der Waals surface area contributed by atoms with Crippen molar-refractivity contribution in [2.45, 2.75) is 32.2 Å². The van der Waals surface area contributed by atoms with Crippen molar-refractivity contribution in [3.8, 4) is 22.7 Å². The molecule has 8 nitrogen and oxygen atoms in total. The maximum absolute atomic E-state index is 13.6. The van der Waals surface area contributed by atoms with Crippen molar-refractivity contribution in [2.75, 3.05) is 16.8 Å². The summed E-state index contributed by atoms with van der Waals surface area (Å²) >= 11 is 0. The van der Waals surface area contributed by atoms with E-state index in [1.807, 2.05) is 84.4 Å². The summed E-state index contributed by atoms with van der Waals surface area (Å²) in [5, 5.41) is 11.9. The maximum atomic E-state index is 13.6. The monoisotopic (exact) mass is 478 g/mol. The Labute approximate surface area is 208 Å². The molecule has 1 saturated heterocycles. The summed E-state index contributed by atoms with van der Waals surface area (Å²) in [6.07, 6.45) is 8.33. The predicted molar refractivity (Wildman–Crippen MR) is 139 cm³/mol. The van der Waals surface area contributed by atoms with Crippen LogP contribution >= 0.6 is 0 Å². The van der Waals surface area contributed by atoms with Gasteiger partial charge in [-0.1, -0.05) is 24.3 Å². The van der Waals surface area contributed by atoms with Crippen LogP contribution < -0.4 is 10.2 Å². The van der Waals surface area contributed by atoms with Crippen LogP contribution in [-0.2, 0) is 4.79 Å². The number of fused-ring (bicyclic) bond motifs is 1. The van der Waals surface area contributed by atoms with E-state index in [1.54, 1.807) is 6.26 Å². The minimum Gasteiger partial charge on any atom is -0.463 e. The molecule has 0 aliphatic carbocycles. The number of nitrogens with zero attached hydrogens (tertiary/aromatic N) is 5. The molecule has 36 heavy (non-hydrogen) atoms. The zero-order valence-corrected chi connectivity index (χ0v) is 20.0. The fraction of sp³-hybridized carbons (Fsp3) is 0.214. The van der Waals surface area contributed by atoms with Crippen LogP contribution in [0.5, 0.6) is 0 Å². The van der Waals surface area contributed by atoms with Crippen LogP contribution in [-0.4, -0.2) is 38.1 Å². The zero-order valence-electron chi connectivity index (χ0n) is 20.0. The molecule has 180 valence electrons. The highest BCUT2D eigenvalue weighted by atomic mass is 16.3. The van der Waals surface area contributed by atoms with E-state index in [4.69, 9.17) is 9.40 Å². The minimum absolute atomic E-state index is 0.0565. The van der Waals surface area contributed by atoms with E-state index in [9.17, 15) is 4.79 Å². The second kappa shape index (κ2) is 9.30. The minimum atomic E-state index is -0.334. The van der Waals surface area contributed by atoms with Crippen LogP contribution in [0, 0.1) is 6.92 Å². The molecule has 1 fully saturated rings. The number of hydrogen-bond acceptors (Lipinski definition) is 6. The van der Waals surface area contributed by atoms with Crippen LogP contribution in [0.3, 0.4) is 0 Å². The first-order valence-corrected chi connectivity index (χ1v) is 12.2. The van der Waals surface area contributed by atoms with Crippen molar-refractivity contribution >= 4 is 23.1 Å². The number of hydrogen-bond donors (Lipinski definition) is 1. The Balaban J connectivity index is 1.26. The topological polar surface area (TPSA) is 88.6 Å². The van der Waals surface area contributed by atoms with Crippen LogP contribution in [0.15, 0.2) is 83.7 Å². The summed E-state index contributed by atoms with van der Waals surface area (Å²) in [7, 11) is 0. The first-order chi connectivity index (χ1) is 17.7. The number of imidazole rings is 1. The van der Waals surface area contributed by atoms with Gasteiger partial charge in [-0.05, 0) is 68.1 Å². The molecule has 0 radical (unpaired) electrons. The molecular formula is C28H26N6O2. The van der Waals surface area contributed by atoms with Gasteiger partial charge in [-0.25, -0.2) is 4.98 Å². The molecule has 1 N–H and O–H groups in total. The van der Waals surface area contributed by atoms with E-state index >= 15 is 0 Å². The third kappa shape index (κ3) is 4.11. The molecule has 8 heteroatoms. The Bertz CT molecular complexity index is 1510. The van der Waals surface area contributed by atoms with E-state index < -0.39 is 0 Å². The lowest BCUT2D eigenvalue weighted by Crippen LogP contribution is -2.47. The van der Waals surface area contributed by atoms with Gasteiger partial charge in [0, 0.05) is 24.5 Å². The van der Waals surface area contributed by atoms with E-state index in [0.717, 1.165) is 54.0 Å². The summed E-state index contributed by atoms with van der Waals surface area (Å²) in [6.45, 7) is 2.79. The van der Waals surface area contributed by atoms with Gasteiger partial charge in [-0.2, -0.15) is 0 Å². The van der Waals surface area contributed by atoms with Crippen molar-refractivity contribution < 1.29 is 9.21 Å². The van der Waals surface area contributed by atoms with Crippen molar-refractivity contribution in [1.82, 2.24) is 19.6 Å². The van der Waals surface area contributed by atoms with Crippen LogP contribution in [0.1, 0.15) is 24.8 Å². The second-order valence-corrected chi connectivity index (χ2v) is 9.04. The van der Waals surface area contributed by atoms with Gasteiger partial charge < -0.3 is 19.0 Å². The molecule has 0 spiro atoms. The SMILES string of the molecule is Cc1cccn2cc(-c3ccccc3NC(=O)C3CCCCN3c3ccc(-c4ccco4)nn3)nc12. The van der Waals surface area contributed by atoms with Crippen LogP contribution in [0.2, 0.25) is 0 Å². The van der Waals surface area contributed by atoms with Crippen molar-refractivity contribution in [3.63, 3.8) is 0 Å². The molecule has 4 aromatic heterocycles. The number of piperidine rings is 1. The third-order valence-electron chi connectivity index (χ3n) is 6.66. The molecule has 1 aliphatic rings. The largest absolute Gasteiger partial charge is 0.463 e. The Morgan fingerprint density at radius 1 is 1.00 bits per heavy atom. The van der Waals surface area contributed by atoms with E-state index in [2.05, 4.69) is 20.4 Å². The smallest absolute Gasteiger partial charge is 0.247 e. The van der Waals surface area contributed by atoms with Gasteiger partial charge in [0.2, 0.25) is 5.91 Å². The fourth-order valence-electron chi connectivity index (χ4n) is 4.83. The Morgan fingerprint density at radius 2 is 1.92 bits per heavy atom. The molecule has 1 aliphatic heterocycles. The summed E-state index contributed by atoms with van der Waals surface area (Å²) in [5.74, 6) is 1.30. The average Bonchev–Trinajstić information content (AvgIpc) is 3.61. The lowest BCUT2D eigenvalue weighted by Gasteiger charge is -2.35. The molecule has 5 heterocycles. The number of carbonyl (C=O) groups excluding carboxylic acids is 1. The zero-order chi connectivity index (χ0) is 24.5. The highest BCUT2D eigenvalue weighted by molar-refractivity contribution is 6.00. The number of para-hydroxylation sites is 1. The number of aromatic nitrogens is 4. The summed E-state index contributed by atoms with van der Waals surface area (Å²) in [5.41, 5.74) is 5.12. The Hall–Kier alpha value is -4.46. The quantitative estimate of drug-likeness (QED) is 0.366. The molecule has 1 amide bonds. The molecule has 5 aromatic rings. The summed E-state index contributed by atoms with van der Waals surface area (Å²) in [6, 6.07) is 19.0. The normalized spacial score (nSPS) is 15.8. The number of rotatable bonds is 5. The van der Waals surface area contributed by atoms with Crippen LogP contribution in [0.4, 0.5) is 11.5 Å². The second-order valence-electron chi connectivity index (χ2n) is 9.04. The van der Waals surface area contributed by atoms with Crippen LogP contribution in [0.25, 0.3) is 28.4 Å². The number of carbonyl (C=O) groups is 1. The summed E-state index contributed by atoms with van der Waals surface area (Å²) < 4.78 is 7.43. The highest BCUT2D eigenvalue weighted by Gasteiger charge is 2.30. The third-order valence-corrected chi connectivity index (χ3v) is 6.66. The van der Waals surface area contributed by atoms with Gasteiger partial charge >= 0.3 is 0 Å². The Morgan fingerprint density at radius 3 is 2.72 bits per heavy atom. The molecule has 1 atom stereocenters. The van der Waals surface area contributed by atoms with Crippen molar-refractivity contribution in [1.29, 1.82) is 0 Å². The number of pyridine rings is 1. The van der Waals surface area contributed by atoms with Gasteiger partial charge in [0.15, 0.2) is 11.6 Å². The van der Waals surface area contributed by atoms with Crippen molar-refractivity contribution in [2.24, 2.45) is 0 Å². The van der Waals surface area contributed by atoms with E-state index in [1.165, 1.54) is 0 Å². The van der Waals surface area contributed by atoms with Gasteiger partial charge in [0.05, 0.1) is 17.6 Å². The van der Waals surface area contributed by atoms with E-state index in [-0.39, 0.29) is 11.9 Å². The van der Waals surface area contributed by atoms with E-state index in [0.29, 0.717) is 17.3 Å². The fourth-order valence-corrected chi connectivity index (χ4v) is 4.83. The number of anilines is 2. The van der Waals surface area contributed by atoms with Gasteiger partial charge in [0.25, 0.3) is 0 Å². The number of aryl methyl sites for hydroxylation is 1.